The van der Waals surface area contributed by atoms with Crippen LogP contribution in [0.25, 0.3) is 11.0 Å². The molecule has 0 aromatic carbocycles. The van der Waals surface area contributed by atoms with Crippen LogP contribution in [0.3, 0.4) is 0 Å². The predicted octanol–water partition coefficient (Wildman–Crippen LogP) is 1.55. The summed E-state index contributed by atoms with van der Waals surface area (Å²) in [5, 5.41) is 9.02. The number of rotatable bonds is 4. The molecule has 124 valence electrons. The highest BCUT2D eigenvalue weighted by molar-refractivity contribution is 7.71. The molecule has 1 atom stereocenters. The Morgan fingerprint density at radius 1 is 1.57 bits per heavy atom. The summed E-state index contributed by atoms with van der Waals surface area (Å²) in [7, 11) is 0. The van der Waals surface area contributed by atoms with Crippen LogP contribution in [0.4, 0.5) is 4.79 Å². The molecule has 3 N–H and O–H groups in total. The van der Waals surface area contributed by atoms with Gasteiger partial charge in [0.05, 0.1) is 24.3 Å². The Labute approximate surface area is 136 Å². The maximum Gasteiger partial charge on any atom is 0.407 e. The number of carbonyl (C=O) groups is 1. The van der Waals surface area contributed by atoms with Crippen LogP contribution in [0.2, 0.25) is 0 Å². The molecular formula is C14H18N4O4S. The smallest absolute Gasteiger partial charge is 0.407 e. The van der Waals surface area contributed by atoms with E-state index >= 15 is 0 Å². The minimum Gasteiger partial charge on any atom is -0.465 e. The summed E-state index contributed by atoms with van der Waals surface area (Å²) in [5.41, 5.74) is 0.473. The Morgan fingerprint density at radius 2 is 2.35 bits per heavy atom. The summed E-state index contributed by atoms with van der Waals surface area (Å²) in [5.74, 6) is 0. The number of nitrogens with zero attached hydrogens (tertiary/aromatic N) is 2. The molecule has 0 radical (unpaired) electrons. The Balaban J connectivity index is 1.70. The fourth-order valence-corrected chi connectivity index (χ4v) is 3.21. The maximum absolute atomic E-state index is 11.8. The summed E-state index contributed by atoms with van der Waals surface area (Å²) in [6.07, 6.45) is 1.43. The topological polar surface area (TPSA) is 103 Å². The van der Waals surface area contributed by atoms with Crippen LogP contribution < -0.4 is 5.56 Å². The fraction of sp³-hybridized carbons (Fsp3) is 0.500. The van der Waals surface area contributed by atoms with Crippen LogP contribution in [-0.2, 0) is 11.3 Å². The zero-order chi connectivity index (χ0) is 16.6. The van der Waals surface area contributed by atoms with Crippen molar-refractivity contribution < 1.29 is 14.6 Å². The molecule has 0 aliphatic carbocycles. The van der Waals surface area contributed by atoms with Gasteiger partial charge in [-0.25, -0.2) is 4.79 Å². The minimum absolute atomic E-state index is 0.243. The number of H-pyrrole nitrogens is 2. The van der Waals surface area contributed by atoms with Crippen LogP contribution in [-0.4, -0.2) is 55.9 Å². The van der Waals surface area contributed by atoms with Crippen molar-refractivity contribution in [1.82, 2.24) is 19.4 Å². The standard InChI is InChI=1S/C14H18N4O4S/c1-14(3-5-17(8-14)13(20)21)22-7-6-18-9-2-4-15-10(9)11(19)16-12(18)23/h2,4,15H,3,5-8H2,1H3,(H,20,21)(H,16,19,23). The molecule has 0 spiro atoms. The number of aromatic amines is 2. The number of carboxylic acid groups (broad SMARTS) is 1. The second kappa shape index (κ2) is 5.82. The second-order valence-corrected chi connectivity index (χ2v) is 6.29. The molecule has 1 fully saturated rings. The highest BCUT2D eigenvalue weighted by atomic mass is 32.1. The molecule has 1 amide bonds. The van der Waals surface area contributed by atoms with E-state index in [1.807, 2.05) is 6.92 Å². The van der Waals surface area contributed by atoms with Crippen LogP contribution in [0.1, 0.15) is 13.3 Å². The van der Waals surface area contributed by atoms with Crippen molar-refractivity contribution >= 4 is 29.3 Å². The molecule has 1 aliphatic heterocycles. The monoisotopic (exact) mass is 338 g/mol. The first-order chi connectivity index (χ1) is 10.9. The van der Waals surface area contributed by atoms with Gasteiger partial charge in [-0.05, 0) is 31.6 Å². The van der Waals surface area contributed by atoms with Gasteiger partial charge < -0.3 is 24.3 Å². The molecule has 8 nitrogen and oxygen atoms in total. The van der Waals surface area contributed by atoms with E-state index in [0.717, 1.165) is 5.52 Å². The van der Waals surface area contributed by atoms with Gasteiger partial charge in [-0.2, -0.15) is 0 Å². The van der Waals surface area contributed by atoms with E-state index in [4.69, 9.17) is 22.1 Å². The second-order valence-electron chi connectivity index (χ2n) is 5.90. The van der Waals surface area contributed by atoms with Crippen LogP contribution >= 0.6 is 12.2 Å². The van der Waals surface area contributed by atoms with Crippen LogP contribution in [0.15, 0.2) is 17.1 Å². The third-order valence-electron chi connectivity index (χ3n) is 4.18. The van der Waals surface area contributed by atoms with Gasteiger partial charge in [0.15, 0.2) is 4.77 Å². The van der Waals surface area contributed by atoms with Crippen molar-refractivity contribution in [1.29, 1.82) is 0 Å². The number of ether oxygens (including phenoxy) is 1. The molecule has 23 heavy (non-hydrogen) atoms. The Kier molecular flexibility index (Phi) is 3.99. The van der Waals surface area contributed by atoms with Gasteiger partial charge in [-0.15, -0.1) is 0 Å². The molecule has 3 rings (SSSR count). The molecular weight excluding hydrogens is 320 g/mol. The zero-order valence-electron chi connectivity index (χ0n) is 12.7. The fourth-order valence-electron chi connectivity index (χ4n) is 2.92. The molecule has 1 unspecified atom stereocenters. The number of fused-ring (bicyclic) bond motifs is 1. The number of hydrogen-bond acceptors (Lipinski definition) is 4. The number of aromatic nitrogens is 3. The number of amides is 1. The van der Waals surface area contributed by atoms with Gasteiger partial charge in [0.1, 0.15) is 5.52 Å². The van der Waals surface area contributed by atoms with E-state index < -0.39 is 11.7 Å². The average molecular weight is 338 g/mol. The Morgan fingerprint density at radius 3 is 3.04 bits per heavy atom. The summed E-state index contributed by atoms with van der Waals surface area (Å²) in [6.45, 7) is 3.61. The maximum atomic E-state index is 11.8. The van der Waals surface area contributed by atoms with Gasteiger partial charge in [-0.3, -0.25) is 9.78 Å². The van der Waals surface area contributed by atoms with Gasteiger partial charge >= 0.3 is 6.09 Å². The van der Waals surface area contributed by atoms with Gasteiger partial charge in [-0.1, -0.05) is 0 Å². The molecule has 1 saturated heterocycles. The quantitative estimate of drug-likeness (QED) is 0.734. The lowest BCUT2D eigenvalue weighted by atomic mass is 10.1. The zero-order valence-corrected chi connectivity index (χ0v) is 13.5. The minimum atomic E-state index is -0.922. The summed E-state index contributed by atoms with van der Waals surface area (Å²) >= 11 is 5.21. The first kappa shape index (κ1) is 15.8. The van der Waals surface area contributed by atoms with E-state index in [0.29, 0.717) is 42.9 Å². The van der Waals surface area contributed by atoms with Gasteiger partial charge in [0.25, 0.3) is 5.56 Å². The van der Waals surface area contributed by atoms with E-state index in [1.165, 1.54) is 4.90 Å². The molecule has 1 aliphatic rings. The third kappa shape index (κ3) is 3.02. The van der Waals surface area contributed by atoms with Crippen molar-refractivity contribution in [2.75, 3.05) is 19.7 Å². The van der Waals surface area contributed by atoms with Crippen LogP contribution in [0, 0.1) is 4.77 Å². The lowest BCUT2D eigenvalue weighted by molar-refractivity contribution is -0.0258. The van der Waals surface area contributed by atoms with Gasteiger partial charge in [0.2, 0.25) is 0 Å². The third-order valence-corrected chi connectivity index (χ3v) is 4.50. The normalized spacial score (nSPS) is 21.2. The Hall–Kier alpha value is -2.13. The molecule has 3 heterocycles. The number of hydrogen-bond donors (Lipinski definition) is 3. The first-order valence-corrected chi connectivity index (χ1v) is 7.72. The van der Waals surface area contributed by atoms with Crippen molar-refractivity contribution in [3.63, 3.8) is 0 Å². The molecule has 0 saturated carbocycles. The number of nitrogens with one attached hydrogen (secondary N) is 2. The van der Waals surface area contributed by atoms with Crippen molar-refractivity contribution in [3.05, 3.63) is 27.4 Å². The van der Waals surface area contributed by atoms with Crippen LogP contribution in [0.5, 0.6) is 0 Å². The van der Waals surface area contributed by atoms with E-state index in [2.05, 4.69) is 9.97 Å². The van der Waals surface area contributed by atoms with Crippen molar-refractivity contribution in [3.8, 4) is 0 Å². The lowest BCUT2D eigenvalue weighted by Gasteiger charge is -2.24. The molecule has 0 bridgehead atoms. The van der Waals surface area contributed by atoms with E-state index in [1.54, 1.807) is 16.8 Å². The van der Waals surface area contributed by atoms with Gasteiger partial charge in [0, 0.05) is 19.3 Å². The summed E-state index contributed by atoms with van der Waals surface area (Å²) in [4.78, 5) is 29.7. The largest absolute Gasteiger partial charge is 0.465 e. The molecule has 2 aromatic heterocycles. The molecule has 9 heteroatoms. The first-order valence-electron chi connectivity index (χ1n) is 7.32. The summed E-state index contributed by atoms with van der Waals surface area (Å²) in [6, 6.07) is 1.80. The number of likely N-dealkylation sites (tertiary alicyclic amines) is 1. The lowest BCUT2D eigenvalue weighted by Crippen LogP contribution is -2.36. The average Bonchev–Trinajstić information content (AvgIpc) is 3.10. The van der Waals surface area contributed by atoms with E-state index in [-0.39, 0.29) is 5.56 Å². The summed E-state index contributed by atoms with van der Waals surface area (Å²) < 4.78 is 8.05. The van der Waals surface area contributed by atoms with Crippen molar-refractivity contribution in [2.24, 2.45) is 0 Å². The van der Waals surface area contributed by atoms with Crippen molar-refractivity contribution in [2.45, 2.75) is 25.5 Å². The highest BCUT2D eigenvalue weighted by Gasteiger charge is 2.36. The highest BCUT2D eigenvalue weighted by Crippen LogP contribution is 2.25. The SMILES string of the molecule is CC1(OCCn2c(=S)[nH]c(=O)c3[nH]ccc32)CCN(C(=O)O)C1. The Bertz CT molecular complexity index is 854. The van der Waals surface area contributed by atoms with E-state index in [9.17, 15) is 9.59 Å². The predicted molar refractivity (Wildman–Crippen MR) is 86.3 cm³/mol. The molecule has 2 aromatic rings.